The van der Waals surface area contributed by atoms with Crippen LogP contribution < -0.4 is 10.2 Å². The van der Waals surface area contributed by atoms with Crippen molar-refractivity contribution in [2.24, 2.45) is 0 Å². The molecule has 6 nitrogen and oxygen atoms in total. The van der Waals surface area contributed by atoms with Crippen LogP contribution in [-0.4, -0.2) is 30.2 Å². The van der Waals surface area contributed by atoms with Gasteiger partial charge in [-0.25, -0.2) is 4.39 Å². The molecule has 10 heteroatoms. The van der Waals surface area contributed by atoms with Crippen molar-refractivity contribution in [2.45, 2.75) is 18.7 Å². The highest BCUT2D eigenvalue weighted by molar-refractivity contribution is 5.97. The number of hydrogen-bond acceptors (Lipinski definition) is 5. The van der Waals surface area contributed by atoms with E-state index in [4.69, 9.17) is 5.26 Å². The Bertz CT molecular complexity index is 1370. The number of likely N-dealkylation sites (N-methyl/N-ethyl adjacent to an activating group) is 1. The lowest BCUT2D eigenvalue weighted by molar-refractivity contribution is -0.138. The molecule has 1 amide bonds. The maximum Gasteiger partial charge on any atom is 0.417 e. The maximum atomic E-state index is 13.3. The van der Waals surface area contributed by atoms with E-state index >= 15 is 0 Å². The van der Waals surface area contributed by atoms with E-state index in [1.54, 1.807) is 25.2 Å². The number of carbonyl (C=O) groups excluding carboxylic acids is 1. The van der Waals surface area contributed by atoms with Crippen LogP contribution in [0.15, 0.2) is 60.7 Å². The summed E-state index contributed by atoms with van der Waals surface area (Å²) >= 11 is 0. The van der Waals surface area contributed by atoms with Crippen LogP contribution in [0, 0.1) is 28.5 Å². The Hall–Kier alpha value is -4.41. The summed E-state index contributed by atoms with van der Waals surface area (Å²) in [7, 11) is 1.58. The molecule has 0 fully saturated rings. The van der Waals surface area contributed by atoms with E-state index in [9.17, 15) is 32.7 Å². The molecular formula is C26H20F4N4O2. The summed E-state index contributed by atoms with van der Waals surface area (Å²) in [5, 5.41) is 31.4. The van der Waals surface area contributed by atoms with Gasteiger partial charge < -0.3 is 15.3 Å². The zero-order valence-electron chi connectivity index (χ0n) is 19.2. The molecule has 184 valence electrons. The average Bonchev–Trinajstić information content (AvgIpc) is 2.83. The summed E-state index contributed by atoms with van der Waals surface area (Å²) < 4.78 is 53.0. The molecule has 0 aliphatic heterocycles. The summed E-state index contributed by atoms with van der Waals surface area (Å²) in [5.74, 6) is -1.39. The first-order valence-corrected chi connectivity index (χ1v) is 10.5. The second-order valence-electron chi connectivity index (χ2n) is 8.30. The number of hydrogen-bond donors (Lipinski definition) is 2. The Morgan fingerprint density at radius 2 is 1.61 bits per heavy atom. The van der Waals surface area contributed by atoms with Crippen LogP contribution in [0.1, 0.15) is 23.6 Å². The third kappa shape index (κ3) is 5.80. The van der Waals surface area contributed by atoms with Gasteiger partial charge in [-0.15, -0.1) is 0 Å². The molecule has 0 heterocycles. The van der Waals surface area contributed by atoms with Crippen molar-refractivity contribution >= 4 is 17.3 Å². The molecule has 3 aromatic carbocycles. The SMILES string of the molecule is CN(CC(C)(O)C(=O)Nc1ccc(C#N)c(C(F)(F)F)c1)c1ccc(C#N)c(-c2ccc(F)cc2)c1. The van der Waals surface area contributed by atoms with E-state index in [-0.39, 0.29) is 12.2 Å². The van der Waals surface area contributed by atoms with Crippen LogP contribution in [0.25, 0.3) is 11.1 Å². The van der Waals surface area contributed by atoms with Crippen molar-refractivity contribution in [3.8, 4) is 23.3 Å². The third-order valence-electron chi connectivity index (χ3n) is 5.46. The van der Waals surface area contributed by atoms with Crippen molar-refractivity contribution < 1.29 is 27.5 Å². The summed E-state index contributed by atoms with van der Waals surface area (Å²) in [6.07, 6.45) is -4.80. The number of aliphatic hydroxyl groups is 1. The van der Waals surface area contributed by atoms with Gasteiger partial charge in [-0.1, -0.05) is 12.1 Å². The van der Waals surface area contributed by atoms with Crippen molar-refractivity contribution in [3.63, 3.8) is 0 Å². The van der Waals surface area contributed by atoms with E-state index in [1.165, 1.54) is 42.2 Å². The lowest BCUT2D eigenvalue weighted by atomic mass is 9.98. The number of benzene rings is 3. The fourth-order valence-corrected chi connectivity index (χ4v) is 3.58. The van der Waals surface area contributed by atoms with Crippen LogP contribution in [0.5, 0.6) is 0 Å². The highest BCUT2D eigenvalue weighted by atomic mass is 19.4. The number of nitrogens with one attached hydrogen (secondary N) is 1. The van der Waals surface area contributed by atoms with Crippen LogP contribution in [0.4, 0.5) is 28.9 Å². The second kappa shape index (κ2) is 10.1. The smallest absolute Gasteiger partial charge is 0.378 e. The zero-order chi connectivity index (χ0) is 26.7. The number of halogens is 4. The second-order valence-corrected chi connectivity index (χ2v) is 8.30. The molecule has 36 heavy (non-hydrogen) atoms. The van der Waals surface area contributed by atoms with Crippen LogP contribution >= 0.6 is 0 Å². The molecule has 0 saturated carbocycles. The van der Waals surface area contributed by atoms with Crippen molar-refractivity contribution in [2.75, 3.05) is 23.8 Å². The largest absolute Gasteiger partial charge is 0.417 e. The Morgan fingerprint density at radius 3 is 2.19 bits per heavy atom. The molecule has 0 aliphatic rings. The van der Waals surface area contributed by atoms with Gasteiger partial charge in [0, 0.05) is 24.0 Å². The fraction of sp³-hybridized carbons (Fsp3) is 0.192. The number of amides is 1. The van der Waals surface area contributed by atoms with Gasteiger partial charge in [-0.3, -0.25) is 4.79 Å². The quantitative estimate of drug-likeness (QED) is 0.464. The average molecular weight is 496 g/mol. The molecule has 0 aromatic heterocycles. The number of rotatable bonds is 6. The Kier molecular flexibility index (Phi) is 7.32. The number of nitrogens with zero attached hydrogens (tertiary/aromatic N) is 3. The van der Waals surface area contributed by atoms with E-state index in [0.717, 1.165) is 12.1 Å². The normalized spacial score (nSPS) is 12.7. The first-order chi connectivity index (χ1) is 16.9. The summed E-state index contributed by atoms with van der Waals surface area (Å²) in [6.45, 7) is 0.952. The van der Waals surface area contributed by atoms with Crippen LogP contribution in [0.2, 0.25) is 0 Å². The van der Waals surface area contributed by atoms with Gasteiger partial charge in [0.15, 0.2) is 5.60 Å². The molecule has 0 aliphatic carbocycles. The van der Waals surface area contributed by atoms with E-state index < -0.39 is 34.6 Å². The summed E-state index contributed by atoms with van der Waals surface area (Å²) in [4.78, 5) is 14.3. The first kappa shape index (κ1) is 26.2. The summed E-state index contributed by atoms with van der Waals surface area (Å²) in [6, 6.07) is 16.6. The van der Waals surface area contributed by atoms with E-state index in [1.807, 2.05) is 0 Å². The highest BCUT2D eigenvalue weighted by Crippen LogP contribution is 2.34. The predicted octanol–water partition coefficient (Wildman–Crippen LogP) is 5.08. The van der Waals surface area contributed by atoms with Crippen molar-refractivity contribution in [3.05, 3.63) is 83.2 Å². The van der Waals surface area contributed by atoms with Crippen LogP contribution in [-0.2, 0) is 11.0 Å². The highest BCUT2D eigenvalue weighted by Gasteiger charge is 2.35. The fourth-order valence-electron chi connectivity index (χ4n) is 3.58. The Balaban J connectivity index is 1.82. The molecule has 3 rings (SSSR count). The molecule has 0 spiro atoms. The first-order valence-electron chi connectivity index (χ1n) is 10.5. The van der Waals surface area contributed by atoms with Crippen molar-refractivity contribution in [1.29, 1.82) is 10.5 Å². The van der Waals surface area contributed by atoms with Gasteiger partial charge in [-0.05, 0) is 61.0 Å². The van der Waals surface area contributed by atoms with Gasteiger partial charge in [-0.2, -0.15) is 23.7 Å². The van der Waals surface area contributed by atoms with E-state index in [0.29, 0.717) is 28.4 Å². The Labute approximate surface area is 204 Å². The van der Waals surface area contributed by atoms with E-state index in [2.05, 4.69) is 11.4 Å². The van der Waals surface area contributed by atoms with Gasteiger partial charge in [0.2, 0.25) is 0 Å². The minimum Gasteiger partial charge on any atom is -0.378 e. The minimum atomic E-state index is -4.80. The number of alkyl halides is 3. The molecule has 1 atom stereocenters. The number of nitriles is 2. The molecule has 0 bridgehead atoms. The molecule has 3 aromatic rings. The van der Waals surface area contributed by atoms with Gasteiger partial charge in [0.05, 0.1) is 35.4 Å². The molecule has 1 unspecified atom stereocenters. The lowest BCUT2D eigenvalue weighted by Gasteiger charge is -2.30. The monoisotopic (exact) mass is 496 g/mol. The summed E-state index contributed by atoms with van der Waals surface area (Å²) in [5.41, 5.74) is -2.09. The third-order valence-corrected chi connectivity index (χ3v) is 5.46. The lowest BCUT2D eigenvalue weighted by Crippen LogP contribution is -2.48. The molecule has 0 saturated heterocycles. The van der Waals surface area contributed by atoms with Crippen molar-refractivity contribution in [1.82, 2.24) is 0 Å². The predicted molar refractivity (Wildman–Crippen MR) is 125 cm³/mol. The molecule has 2 N–H and O–H groups in total. The molecular weight excluding hydrogens is 476 g/mol. The maximum absolute atomic E-state index is 13.3. The van der Waals surface area contributed by atoms with Gasteiger partial charge in [0.25, 0.3) is 5.91 Å². The van der Waals surface area contributed by atoms with Gasteiger partial charge >= 0.3 is 6.18 Å². The minimum absolute atomic E-state index is 0.230. The topological polar surface area (TPSA) is 100 Å². The standard InChI is InChI=1S/C26H20F4N4O2/c1-25(36,24(35)33-20-9-5-18(14-32)23(11-20)26(28,29)30)15-34(2)21-10-6-17(13-31)22(12-21)16-3-7-19(27)8-4-16/h3-12,36H,15H2,1-2H3,(H,33,35). The Morgan fingerprint density at radius 1 is 1.00 bits per heavy atom. The number of carbonyl (C=O) groups is 1. The zero-order valence-corrected chi connectivity index (χ0v) is 19.2. The van der Waals surface area contributed by atoms with Crippen LogP contribution in [0.3, 0.4) is 0 Å². The molecule has 0 radical (unpaired) electrons. The number of anilines is 2. The van der Waals surface area contributed by atoms with Gasteiger partial charge in [0.1, 0.15) is 5.82 Å².